The van der Waals surface area contributed by atoms with Crippen molar-refractivity contribution in [3.63, 3.8) is 0 Å². The second-order valence-corrected chi connectivity index (χ2v) is 11.5. The van der Waals surface area contributed by atoms with Gasteiger partial charge in [0, 0.05) is 22.0 Å². The predicted octanol–water partition coefficient (Wildman–Crippen LogP) is 1.13. The Morgan fingerprint density at radius 2 is 1.66 bits per heavy atom. The van der Waals surface area contributed by atoms with Gasteiger partial charge >= 0.3 is 0 Å². The maximum absolute atomic E-state index is 16.2. The number of fused-ring (bicyclic) bond motifs is 1. The van der Waals surface area contributed by atoms with Gasteiger partial charge in [-0.1, -0.05) is 23.7 Å². The number of carbonyl (C=O) groups is 1. The molecule has 1 atom stereocenters. The van der Waals surface area contributed by atoms with E-state index in [-0.39, 0.29) is 40.3 Å². The second-order valence-electron chi connectivity index (χ2n) is 11.1. The summed E-state index contributed by atoms with van der Waals surface area (Å²) in [7, 11) is 0. The molecule has 4 rings (SSSR count). The quantitative estimate of drug-likeness (QED) is 0.154. The van der Waals surface area contributed by atoms with Crippen molar-refractivity contribution in [3.8, 4) is 0 Å². The van der Waals surface area contributed by atoms with Gasteiger partial charge in [0.15, 0.2) is 0 Å². The van der Waals surface area contributed by atoms with Crippen LogP contribution in [0.3, 0.4) is 0 Å². The first-order chi connectivity index (χ1) is 18.8. The molecule has 0 spiro atoms. The second kappa shape index (κ2) is 10.0. The summed E-state index contributed by atoms with van der Waals surface area (Å²) >= 11 is 6.09. The molecule has 13 heteroatoms. The van der Waals surface area contributed by atoms with E-state index in [2.05, 4.69) is 0 Å². The molecule has 2 aliphatic rings. The molecule has 1 amide bonds. The molecule has 0 radical (unpaired) electrons. The van der Waals surface area contributed by atoms with Crippen LogP contribution < -0.4 is 11.5 Å². The van der Waals surface area contributed by atoms with E-state index in [1.165, 1.54) is 56.3 Å². The van der Waals surface area contributed by atoms with Gasteiger partial charge in [0.05, 0.1) is 23.3 Å². The lowest BCUT2D eigenvalue weighted by atomic mass is 9.88. The minimum absolute atomic E-state index is 0.0232. The Morgan fingerprint density at radius 1 is 1.07 bits per heavy atom. The highest BCUT2D eigenvalue weighted by Crippen LogP contribution is 2.62. The molecule has 222 valence electrons. The average Bonchev–Trinajstić information content (AvgIpc) is 3.64. The number of carbonyl (C=O) groups excluding carboxylic acids is 1. The standard InChI is InChI=1S/C28H33ClFN3O8/c1-15(31)4-9-19(32)14-33-23(34)20-12-17(24(2,3)35)13-21(30)22(20)26(33,16-5-7-18(29)8-6-16)41-28(39,40)25(10-11-25)27(36,37)38/h4-9,12-13,35-40H,10-11,14,31-32H2,1-3H3/b15-4-,19-9-/t26-/m1/s1. The number of amides is 1. The number of nitrogens with zero attached hydrogens (tertiary/aromatic N) is 1. The fraction of sp³-hybridized carbons (Fsp3) is 0.393. The molecule has 1 fully saturated rings. The molecule has 1 saturated carbocycles. The summed E-state index contributed by atoms with van der Waals surface area (Å²) in [5.41, 5.74) is 5.03. The van der Waals surface area contributed by atoms with E-state index in [9.17, 15) is 35.4 Å². The van der Waals surface area contributed by atoms with E-state index in [1.54, 1.807) is 6.92 Å². The highest BCUT2D eigenvalue weighted by atomic mass is 35.5. The van der Waals surface area contributed by atoms with Crippen molar-refractivity contribution in [3.05, 3.63) is 93.0 Å². The zero-order valence-electron chi connectivity index (χ0n) is 22.6. The molecule has 1 aliphatic carbocycles. The van der Waals surface area contributed by atoms with Crippen LogP contribution in [-0.4, -0.2) is 59.9 Å². The molecule has 0 bridgehead atoms. The van der Waals surface area contributed by atoms with E-state index in [4.69, 9.17) is 27.8 Å². The van der Waals surface area contributed by atoms with Gasteiger partial charge in [0.1, 0.15) is 11.2 Å². The first-order valence-electron chi connectivity index (χ1n) is 12.6. The van der Waals surface area contributed by atoms with Crippen LogP contribution in [0.15, 0.2) is 59.9 Å². The van der Waals surface area contributed by atoms with Gasteiger partial charge in [-0.2, -0.15) is 0 Å². The fourth-order valence-electron chi connectivity index (χ4n) is 5.00. The van der Waals surface area contributed by atoms with Crippen LogP contribution in [-0.2, 0) is 16.1 Å². The van der Waals surface area contributed by atoms with Crippen molar-refractivity contribution in [2.24, 2.45) is 16.9 Å². The minimum atomic E-state index is -3.63. The summed E-state index contributed by atoms with van der Waals surface area (Å²) < 4.78 is 22.1. The van der Waals surface area contributed by atoms with Gasteiger partial charge in [-0.05, 0) is 75.6 Å². The van der Waals surface area contributed by atoms with Gasteiger partial charge < -0.3 is 42.1 Å². The zero-order chi connectivity index (χ0) is 30.8. The lowest BCUT2D eigenvalue weighted by molar-refractivity contribution is -0.484. The lowest BCUT2D eigenvalue weighted by Crippen LogP contribution is -2.61. The van der Waals surface area contributed by atoms with Gasteiger partial charge in [-0.25, -0.2) is 4.39 Å². The fourth-order valence-corrected chi connectivity index (χ4v) is 5.13. The monoisotopic (exact) mass is 593 g/mol. The number of allylic oxidation sites excluding steroid dienone is 3. The van der Waals surface area contributed by atoms with Crippen LogP contribution in [0.1, 0.15) is 60.7 Å². The van der Waals surface area contributed by atoms with Crippen molar-refractivity contribution in [1.29, 1.82) is 0 Å². The van der Waals surface area contributed by atoms with Crippen LogP contribution in [0, 0.1) is 11.2 Å². The number of nitrogens with two attached hydrogens (primary N) is 2. The Hall–Kier alpha value is -3.07. The highest BCUT2D eigenvalue weighted by molar-refractivity contribution is 6.30. The van der Waals surface area contributed by atoms with Crippen molar-refractivity contribution >= 4 is 17.5 Å². The summed E-state index contributed by atoms with van der Waals surface area (Å²) in [4.78, 5) is 15.0. The van der Waals surface area contributed by atoms with Crippen LogP contribution in [0.4, 0.5) is 4.39 Å². The third-order valence-electron chi connectivity index (χ3n) is 7.43. The Kier molecular flexibility index (Phi) is 7.56. The van der Waals surface area contributed by atoms with Crippen molar-refractivity contribution < 1.29 is 44.6 Å². The van der Waals surface area contributed by atoms with E-state index < -0.39 is 52.5 Å². The van der Waals surface area contributed by atoms with E-state index in [1.807, 2.05) is 0 Å². The largest absolute Gasteiger partial charge is 0.402 e. The molecule has 2 aromatic carbocycles. The Bertz CT molecular complexity index is 1420. The normalized spacial score (nSPS) is 21.3. The molecular weight excluding hydrogens is 561 g/mol. The van der Waals surface area contributed by atoms with Crippen LogP contribution in [0.25, 0.3) is 0 Å². The molecule has 0 unspecified atom stereocenters. The van der Waals surface area contributed by atoms with Gasteiger partial charge in [0.2, 0.25) is 5.72 Å². The van der Waals surface area contributed by atoms with Gasteiger partial charge in [-0.15, -0.1) is 0 Å². The lowest BCUT2D eigenvalue weighted by Gasteiger charge is -2.46. The van der Waals surface area contributed by atoms with Gasteiger partial charge in [0.25, 0.3) is 17.9 Å². The third kappa shape index (κ3) is 5.22. The zero-order valence-corrected chi connectivity index (χ0v) is 23.4. The molecular formula is C28H33ClFN3O8. The highest BCUT2D eigenvalue weighted by Gasteiger charge is 2.74. The number of hydrogen-bond donors (Lipinski definition) is 8. The summed E-state index contributed by atoms with van der Waals surface area (Å²) in [5.74, 6) is -9.11. The summed E-state index contributed by atoms with van der Waals surface area (Å²) in [6, 6.07) is 7.71. The number of benzene rings is 2. The maximum atomic E-state index is 16.2. The van der Waals surface area contributed by atoms with Crippen LogP contribution in [0.2, 0.25) is 5.02 Å². The smallest absolute Gasteiger partial charge is 0.294 e. The number of ether oxygens (including phenoxy) is 1. The van der Waals surface area contributed by atoms with Crippen molar-refractivity contribution in [2.75, 3.05) is 6.54 Å². The number of halogens is 2. The summed E-state index contributed by atoms with van der Waals surface area (Å²) in [5, 5.41) is 63.4. The topological polar surface area (TPSA) is 203 Å². The van der Waals surface area contributed by atoms with Gasteiger partial charge in [-0.3, -0.25) is 14.4 Å². The number of rotatable bonds is 9. The van der Waals surface area contributed by atoms with E-state index in [0.717, 1.165) is 11.0 Å². The van der Waals surface area contributed by atoms with E-state index in [0.29, 0.717) is 5.70 Å². The third-order valence-corrected chi connectivity index (χ3v) is 7.69. The minimum Gasteiger partial charge on any atom is -0.402 e. The Morgan fingerprint density at radius 3 is 2.15 bits per heavy atom. The average molecular weight is 594 g/mol. The van der Waals surface area contributed by atoms with Crippen molar-refractivity contribution in [2.45, 2.75) is 56.9 Å². The summed E-state index contributed by atoms with van der Waals surface area (Å²) in [6.07, 6.45) is 2.22. The molecule has 1 heterocycles. The predicted molar refractivity (Wildman–Crippen MR) is 144 cm³/mol. The van der Waals surface area contributed by atoms with Crippen molar-refractivity contribution in [1.82, 2.24) is 4.90 Å². The molecule has 0 saturated heterocycles. The molecule has 1 aliphatic heterocycles. The summed E-state index contributed by atoms with van der Waals surface area (Å²) in [6.45, 7) is 3.91. The van der Waals surface area contributed by atoms with Crippen LogP contribution >= 0.6 is 11.6 Å². The molecule has 2 aromatic rings. The number of aliphatic hydroxyl groups is 6. The van der Waals surface area contributed by atoms with E-state index >= 15 is 4.39 Å². The first kappa shape index (κ1) is 30.9. The number of hydrogen-bond acceptors (Lipinski definition) is 10. The molecule has 41 heavy (non-hydrogen) atoms. The van der Waals surface area contributed by atoms with Crippen LogP contribution in [0.5, 0.6) is 0 Å². The Balaban J connectivity index is 2.06. The molecule has 0 aromatic heterocycles. The maximum Gasteiger partial charge on any atom is 0.294 e. The first-order valence-corrected chi connectivity index (χ1v) is 13.0. The molecule has 10 N–H and O–H groups in total. The SMILES string of the molecule is C/C(N)=C/C=C(\N)CN1C(=O)c2cc(C(C)(C)O)cc(F)c2[C@]1(OC(O)(O)C1(C(O)(O)O)CC1)c1ccc(Cl)cc1. The Labute approximate surface area is 240 Å². The molecule has 11 nitrogen and oxygen atoms in total.